The Bertz CT molecular complexity index is 338. The molecule has 16 heavy (non-hydrogen) atoms. The van der Waals surface area contributed by atoms with Crippen molar-refractivity contribution in [2.45, 2.75) is 30.9 Å². The SMILES string of the molecule is BC1OC(COC(C)=O)(N=[N+]=[N-])C(O)C1F. The van der Waals surface area contributed by atoms with Crippen molar-refractivity contribution in [3.63, 3.8) is 0 Å². The quantitative estimate of drug-likeness (QED) is 0.226. The van der Waals surface area contributed by atoms with E-state index in [4.69, 9.17) is 10.3 Å². The van der Waals surface area contributed by atoms with E-state index >= 15 is 0 Å². The zero-order valence-electron chi connectivity index (χ0n) is 8.83. The van der Waals surface area contributed by atoms with Gasteiger partial charge in [-0.1, -0.05) is 5.11 Å². The van der Waals surface area contributed by atoms with Gasteiger partial charge in [0.2, 0.25) is 5.72 Å². The van der Waals surface area contributed by atoms with Crippen LogP contribution in [0.5, 0.6) is 0 Å². The topological polar surface area (TPSA) is 105 Å². The Labute approximate surface area is 91.6 Å². The van der Waals surface area contributed by atoms with Gasteiger partial charge in [-0.2, -0.15) is 0 Å². The second-order valence-corrected chi connectivity index (χ2v) is 3.53. The van der Waals surface area contributed by atoms with E-state index < -0.39 is 36.6 Å². The molecule has 0 aromatic rings. The summed E-state index contributed by atoms with van der Waals surface area (Å²) in [5, 5.41) is 12.8. The Balaban J connectivity index is 2.89. The molecule has 0 bridgehead atoms. The summed E-state index contributed by atoms with van der Waals surface area (Å²) >= 11 is 0. The summed E-state index contributed by atoms with van der Waals surface area (Å²) in [6, 6.07) is -0.934. The summed E-state index contributed by atoms with van der Waals surface area (Å²) in [4.78, 5) is 13.1. The molecule has 1 aliphatic rings. The Kier molecular flexibility index (Phi) is 3.74. The number of esters is 1. The fourth-order valence-electron chi connectivity index (χ4n) is 1.47. The molecule has 4 atom stereocenters. The van der Waals surface area contributed by atoms with Gasteiger partial charge in [0, 0.05) is 11.8 Å². The van der Waals surface area contributed by atoms with E-state index in [0.29, 0.717) is 0 Å². The third-order valence-electron chi connectivity index (χ3n) is 2.30. The lowest BCUT2D eigenvalue weighted by Gasteiger charge is -2.25. The summed E-state index contributed by atoms with van der Waals surface area (Å²) in [5.41, 5.74) is 6.48. The van der Waals surface area contributed by atoms with E-state index in [2.05, 4.69) is 14.8 Å². The van der Waals surface area contributed by atoms with Crippen LogP contribution in [0.3, 0.4) is 0 Å². The van der Waals surface area contributed by atoms with Crippen molar-refractivity contribution in [2.75, 3.05) is 6.61 Å². The highest BCUT2D eigenvalue weighted by Crippen LogP contribution is 2.33. The van der Waals surface area contributed by atoms with Crippen molar-refractivity contribution in [1.82, 2.24) is 0 Å². The number of hydrogen-bond donors (Lipinski definition) is 1. The minimum Gasteiger partial charge on any atom is -0.463 e. The molecule has 1 saturated heterocycles. The van der Waals surface area contributed by atoms with Gasteiger partial charge < -0.3 is 14.6 Å². The standard InChI is InChI=1S/C7H11BFN3O4/c1-3(13)15-2-7(11-12-10)5(14)4(9)6(8)16-7/h4-6,14H,2,8H2,1H3. The predicted molar refractivity (Wildman–Crippen MR) is 52.8 cm³/mol. The molecule has 0 aromatic heterocycles. The molecule has 1 heterocycles. The molecular weight excluding hydrogens is 220 g/mol. The predicted octanol–water partition coefficient (Wildman–Crippen LogP) is -0.756. The van der Waals surface area contributed by atoms with Gasteiger partial charge in [-0.3, -0.25) is 4.79 Å². The Morgan fingerprint density at radius 1 is 1.88 bits per heavy atom. The fourth-order valence-corrected chi connectivity index (χ4v) is 1.47. The van der Waals surface area contributed by atoms with E-state index in [0.717, 1.165) is 6.92 Å². The molecular formula is C7H11BFN3O4. The Morgan fingerprint density at radius 3 is 2.88 bits per heavy atom. The highest BCUT2D eigenvalue weighted by atomic mass is 19.1. The van der Waals surface area contributed by atoms with E-state index in [1.54, 1.807) is 0 Å². The molecule has 0 aliphatic carbocycles. The second kappa shape index (κ2) is 4.69. The first-order valence-electron chi connectivity index (χ1n) is 4.62. The van der Waals surface area contributed by atoms with Crippen LogP contribution in [0.2, 0.25) is 0 Å². The summed E-state index contributed by atoms with van der Waals surface area (Å²) in [6.45, 7) is 0.625. The maximum Gasteiger partial charge on any atom is 0.302 e. The van der Waals surface area contributed by atoms with Crippen LogP contribution in [0.15, 0.2) is 5.11 Å². The van der Waals surface area contributed by atoms with Crippen molar-refractivity contribution >= 4 is 13.8 Å². The molecule has 9 heteroatoms. The number of hydrogen-bond acceptors (Lipinski definition) is 5. The molecule has 0 amide bonds. The number of carbonyl (C=O) groups excluding carboxylic acids is 1. The largest absolute Gasteiger partial charge is 0.463 e. The number of halogens is 1. The van der Waals surface area contributed by atoms with Gasteiger partial charge in [-0.25, -0.2) is 4.39 Å². The van der Waals surface area contributed by atoms with E-state index in [1.165, 1.54) is 7.85 Å². The van der Waals surface area contributed by atoms with Crippen LogP contribution in [0.25, 0.3) is 10.4 Å². The molecule has 0 radical (unpaired) electrons. The number of nitrogens with zero attached hydrogens (tertiary/aromatic N) is 3. The van der Waals surface area contributed by atoms with Crippen LogP contribution in [-0.2, 0) is 14.3 Å². The van der Waals surface area contributed by atoms with Gasteiger partial charge >= 0.3 is 5.97 Å². The van der Waals surface area contributed by atoms with Gasteiger partial charge in [0.1, 0.15) is 26.7 Å². The summed E-state index contributed by atoms with van der Waals surface area (Å²) in [7, 11) is 1.39. The highest BCUT2D eigenvalue weighted by molar-refractivity contribution is 6.11. The monoisotopic (exact) mass is 231 g/mol. The molecule has 1 rings (SSSR count). The van der Waals surface area contributed by atoms with Crippen molar-refractivity contribution in [3.8, 4) is 0 Å². The number of alkyl halides is 1. The number of aliphatic hydroxyl groups excluding tert-OH is 1. The summed E-state index contributed by atoms with van der Waals surface area (Å²) in [5.74, 6) is -0.640. The van der Waals surface area contributed by atoms with Crippen molar-refractivity contribution in [3.05, 3.63) is 10.4 Å². The van der Waals surface area contributed by atoms with Gasteiger partial charge in [-0.05, 0) is 5.53 Å². The first-order chi connectivity index (χ1) is 7.43. The fraction of sp³-hybridized carbons (Fsp3) is 0.857. The minimum absolute atomic E-state index is 0.516. The molecule has 0 saturated carbocycles. The molecule has 0 aromatic carbocycles. The first-order valence-corrected chi connectivity index (χ1v) is 4.62. The smallest absolute Gasteiger partial charge is 0.302 e. The normalized spacial score (nSPS) is 37.8. The van der Waals surface area contributed by atoms with Crippen molar-refractivity contribution in [1.29, 1.82) is 0 Å². The molecule has 1 aliphatic heterocycles. The van der Waals surface area contributed by atoms with Crippen LogP contribution in [0, 0.1) is 0 Å². The lowest BCUT2D eigenvalue weighted by Crippen LogP contribution is -2.44. The highest BCUT2D eigenvalue weighted by Gasteiger charge is 2.54. The van der Waals surface area contributed by atoms with Crippen LogP contribution in [0.1, 0.15) is 6.92 Å². The zero-order chi connectivity index (χ0) is 12.3. The lowest BCUT2D eigenvalue weighted by molar-refractivity contribution is -0.156. The average molecular weight is 231 g/mol. The molecule has 4 unspecified atom stereocenters. The molecule has 88 valence electrons. The summed E-state index contributed by atoms with van der Waals surface area (Å²) < 4.78 is 23.0. The van der Waals surface area contributed by atoms with E-state index in [1.807, 2.05) is 0 Å². The van der Waals surface area contributed by atoms with Gasteiger partial charge in [0.25, 0.3) is 0 Å². The van der Waals surface area contributed by atoms with Gasteiger partial charge in [0.15, 0.2) is 0 Å². The number of azide groups is 1. The number of rotatable bonds is 3. The molecule has 1 N–H and O–H groups in total. The summed E-state index contributed by atoms with van der Waals surface area (Å²) in [6.07, 6.45) is -3.35. The molecule has 7 nitrogen and oxygen atoms in total. The number of aliphatic hydroxyl groups is 1. The average Bonchev–Trinajstić information content (AvgIpc) is 2.42. The molecule has 1 fully saturated rings. The van der Waals surface area contributed by atoms with Crippen LogP contribution >= 0.6 is 0 Å². The first kappa shape index (κ1) is 12.8. The van der Waals surface area contributed by atoms with E-state index in [9.17, 15) is 14.3 Å². The second-order valence-electron chi connectivity index (χ2n) is 3.53. The molecule has 0 spiro atoms. The van der Waals surface area contributed by atoms with E-state index in [-0.39, 0.29) is 0 Å². The maximum atomic E-state index is 13.4. The maximum absolute atomic E-state index is 13.4. The van der Waals surface area contributed by atoms with Crippen LogP contribution in [0.4, 0.5) is 4.39 Å². The number of ether oxygens (including phenoxy) is 2. The van der Waals surface area contributed by atoms with Crippen LogP contribution in [-0.4, -0.2) is 49.5 Å². The van der Waals surface area contributed by atoms with Crippen molar-refractivity contribution in [2.24, 2.45) is 5.11 Å². The minimum atomic E-state index is -1.88. The van der Waals surface area contributed by atoms with Crippen LogP contribution < -0.4 is 0 Å². The lowest BCUT2D eigenvalue weighted by atomic mass is 9.93. The zero-order valence-corrected chi connectivity index (χ0v) is 8.83. The third kappa shape index (κ3) is 2.26. The third-order valence-corrected chi connectivity index (χ3v) is 2.30. The van der Waals surface area contributed by atoms with Gasteiger partial charge in [-0.15, -0.1) is 0 Å². The number of carbonyl (C=O) groups is 1. The van der Waals surface area contributed by atoms with Gasteiger partial charge in [0.05, 0.1) is 6.00 Å². The Hall–Kier alpha value is -1.31. The Morgan fingerprint density at radius 2 is 2.50 bits per heavy atom. The van der Waals surface area contributed by atoms with Crippen molar-refractivity contribution < 1.29 is 23.8 Å².